The molecular formula is C28H24N6O2S. The predicted octanol–water partition coefficient (Wildman–Crippen LogP) is 6.43. The van der Waals surface area contributed by atoms with Crippen LogP contribution in [-0.2, 0) is 0 Å². The summed E-state index contributed by atoms with van der Waals surface area (Å²) in [5.74, 6) is 0. The third kappa shape index (κ3) is 5.17. The van der Waals surface area contributed by atoms with E-state index < -0.39 is 4.92 Å². The predicted molar refractivity (Wildman–Crippen MR) is 147 cm³/mol. The molecule has 9 heteroatoms. The van der Waals surface area contributed by atoms with Gasteiger partial charge in [0.25, 0.3) is 5.69 Å². The third-order valence-electron chi connectivity index (χ3n) is 5.96. The first kappa shape index (κ1) is 24.1. The van der Waals surface area contributed by atoms with E-state index in [0.29, 0.717) is 10.4 Å². The van der Waals surface area contributed by atoms with Gasteiger partial charge in [0, 0.05) is 41.2 Å². The Balaban J connectivity index is 1.64. The normalized spacial score (nSPS) is 12.2. The second-order valence-corrected chi connectivity index (χ2v) is 9.46. The Kier molecular flexibility index (Phi) is 6.61. The molecule has 0 atom stereocenters. The van der Waals surface area contributed by atoms with Crippen molar-refractivity contribution in [3.05, 3.63) is 122 Å². The van der Waals surface area contributed by atoms with E-state index >= 15 is 0 Å². The van der Waals surface area contributed by atoms with Gasteiger partial charge in [0.2, 0.25) is 4.80 Å². The number of aromatic nitrogens is 3. The molecule has 0 bridgehead atoms. The summed E-state index contributed by atoms with van der Waals surface area (Å²) >= 11 is 1.44. The molecule has 0 unspecified atom stereocenters. The molecule has 0 aliphatic heterocycles. The number of aryl methyl sites for hydroxylation is 2. The lowest BCUT2D eigenvalue weighted by Gasteiger charge is -2.08. The summed E-state index contributed by atoms with van der Waals surface area (Å²) in [5, 5.41) is 18.3. The van der Waals surface area contributed by atoms with Gasteiger partial charge >= 0.3 is 0 Å². The molecule has 0 spiro atoms. The van der Waals surface area contributed by atoms with Crippen LogP contribution < -0.4 is 4.80 Å². The average Bonchev–Trinajstić information content (AvgIpc) is 3.57. The maximum atomic E-state index is 11.4. The lowest BCUT2D eigenvalue weighted by Crippen LogP contribution is -2.14. The minimum Gasteiger partial charge on any atom is -0.306 e. The Morgan fingerprint density at radius 2 is 1.86 bits per heavy atom. The molecule has 0 saturated carbocycles. The molecule has 0 amide bonds. The highest BCUT2D eigenvalue weighted by molar-refractivity contribution is 7.07. The standard InChI is InChI=1S/C28H24N6O2S/c1-19-7-8-20(2)26(15-19)30-28-33(27(17-37-28)23-5-4-6-25(16-23)34(35)36)31-21(3)22-9-11-24(12-10-22)32-14-13-29-18-32/h4-18H,1-3H3. The molecule has 0 aliphatic carbocycles. The van der Waals surface area contributed by atoms with Gasteiger partial charge < -0.3 is 4.57 Å². The molecule has 0 fully saturated rings. The van der Waals surface area contributed by atoms with E-state index in [0.717, 1.165) is 39.5 Å². The molecule has 2 heterocycles. The second-order valence-electron chi connectivity index (χ2n) is 8.63. The Bertz CT molecular complexity index is 1680. The van der Waals surface area contributed by atoms with Crippen LogP contribution in [0.1, 0.15) is 23.6 Å². The van der Waals surface area contributed by atoms with Crippen LogP contribution in [0.15, 0.2) is 101 Å². The molecular weight excluding hydrogens is 484 g/mol. The highest BCUT2D eigenvalue weighted by Gasteiger charge is 2.13. The first-order valence-corrected chi connectivity index (χ1v) is 12.5. The van der Waals surface area contributed by atoms with Crippen LogP contribution in [-0.4, -0.2) is 24.9 Å². The highest BCUT2D eigenvalue weighted by Crippen LogP contribution is 2.26. The van der Waals surface area contributed by atoms with Gasteiger partial charge in [0.05, 0.1) is 28.3 Å². The summed E-state index contributed by atoms with van der Waals surface area (Å²) in [7, 11) is 0. The van der Waals surface area contributed by atoms with Crippen LogP contribution in [0.2, 0.25) is 0 Å². The molecule has 0 radical (unpaired) electrons. The van der Waals surface area contributed by atoms with Crippen molar-refractivity contribution in [2.75, 3.05) is 0 Å². The second kappa shape index (κ2) is 10.2. The number of hydrogen-bond donors (Lipinski definition) is 0. The van der Waals surface area contributed by atoms with E-state index in [4.69, 9.17) is 10.1 Å². The number of nitro groups is 1. The summed E-state index contributed by atoms with van der Waals surface area (Å²) in [6, 6.07) is 20.8. The largest absolute Gasteiger partial charge is 0.306 e. The summed E-state index contributed by atoms with van der Waals surface area (Å²) in [6.07, 6.45) is 5.39. The van der Waals surface area contributed by atoms with Crippen molar-refractivity contribution in [1.29, 1.82) is 0 Å². The Hall–Kier alpha value is -4.63. The quantitative estimate of drug-likeness (QED) is 0.150. The number of imidazole rings is 1. The Labute approximate surface area is 217 Å². The van der Waals surface area contributed by atoms with E-state index in [-0.39, 0.29) is 5.69 Å². The van der Waals surface area contributed by atoms with Crippen molar-refractivity contribution in [3.63, 3.8) is 0 Å². The van der Waals surface area contributed by atoms with Gasteiger partial charge in [0.15, 0.2) is 0 Å². The molecule has 2 aromatic heterocycles. The minimum atomic E-state index is -0.391. The average molecular weight is 509 g/mol. The first-order chi connectivity index (χ1) is 17.9. The van der Waals surface area contributed by atoms with E-state index in [1.807, 2.05) is 79.4 Å². The Morgan fingerprint density at radius 1 is 1.05 bits per heavy atom. The van der Waals surface area contributed by atoms with Crippen LogP contribution in [0.5, 0.6) is 0 Å². The van der Waals surface area contributed by atoms with E-state index in [9.17, 15) is 10.1 Å². The van der Waals surface area contributed by atoms with Gasteiger partial charge in [0.1, 0.15) is 0 Å². The number of non-ortho nitro benzene ring substituents is 1. The monoisotopic (exact) mass is 508 g/mol. The number of benzene rings is 3. The van der Waals surface area contributed by atoms with E-state index in [1.54, 1.807) is 29.3 Å². The fourth-order valence-electron chi connectivity index (χ4n) is 3.89. The van der Waals surface area contributed by atoms with Crippen molar-refractivity contribution in [2.45, 2.75) is 20.8 Å². The number of thiazole rings is 1. The Morgan fingerprint density at radius 3 is 2.59 bits per heavy atom. The SMILES string of the molecule is CC(=Nn1c(-c2cccc([N+](=O)[O-])c2)csc1=Nc1cc(C)ccc1C)c1ccc(-n2ccnc2)cc1. The molecule has 5 aromatic rings. The van der Waals surface area contributed by atoms with Crippen molar-refractivity contribution in [2.24, 2.45) is 10.1 Å². The summed E-state index contributed by atoms with van der Waals surface area (Å²) in [6.45, 7) is 6.00. The van der Waals surface area contributed by atoms with Crippen molar-refractivity contribution >= 4 is 28.4 Å². The molecule has 5 rings (SSSR count). The van der Waals surface area contributed by atoms with Gasteiger partial charge in [-0.15, -0.1) is 11.3 Å². The van der Waals surface area contributed by atoms with Gasteiger partial charge in [-0.3, -0.25) is 10.1 Å². The summed E-state index contributed by atoms with van der Waals surface area (Å²) in [4.78, 5) is 20.7. The number of nitrogens with zero attached hydrogens (tertiary/aromatic N) is 6. The number of rotatable bonds is 6. The first-order valence-electron chi connectivity index (χ1n) is 11.6. The fourth-order valence-corrected chi connectivity index (χ4v) is 4.73. The van der Waals surface area contributed by atoms with Gasteiger partial charge in [-0.05, 0) is 55.7 Å². The van der Waals surface area contributed by atoms with Crippen LogP contribution in [0, 0.1) is 24.0 Å². The zero-order valence-electron chi connectivity index (χ0n) is 20.6. The summed E-state index contributed by atoms with van der Waals surface area (Å²) in [5.41, 5.74) is 7.21. The van der Waals surface area contributed by atoms with Gasteiger partial charge in [-0.2, -0.15) is 5.10 Å². The van der Waals surface area contributed by atoms with E-state index in [1.165, 1.54) is 17.4 Å². The molecule has 0 saturated heterocycles. The molecule has 0 aliphatic rings. The number of nitro benzene ring substituents is 1. The van der Waals surface area contributed by atoms with Crippen molar-refractivity contribution in [3.8, 4) is 16.9 Å². The minimum absolute atomic E-state index is 0.0269. The lowest BCUT2D eigenvalue weighted by atomic mass is 10.1. The molecule has 184 valence electrons. The highest BCUT2D eigenvalue weighted by atomic mass is 32.1. The molecule has 8 nitrogen and oxygen atoms in total. The smallest absolute Gasteiger partial charge is 0.270 e. The lowest BCUT2D eigenvalue weighted by molar-refractivity contribution is -0.384. The maximum absolute atomic E-state index is 11.4. The van der Waals surface area contributed by atoms with Crippen LogP contribution in [0.4, 0.5) is 11.4 Å². The molecule has 0 N–H and O–H groups in total. The van der Waals surface area contributed by atoms with Gasteiger partial charge in [-0.1, -0.05) is 36.4 Å². The van der Waals surface area contributed by atoms with Crippen molar-refractivity contribution in [1.82, 2.24) is 14.2 Å². The number of hydrogen-bond acceptors (Lipinski definition) is 6. The third-order valence-corrected chi connectivity index (χ3v) is 6.77. The zero-order chi connectivity index (χ0) is 25.9. The topological polar surface area (TPSA) is 90.6 Å². The maximum Gasteiger partial charge on any atom is 0.270 e. The van der Waals surface area contributed by atoms with Gasteiger partial charge in [-0.25, -0.2) is 14.7 Å². The molecule has 37 heavy (non-hydrogen) atoms. The summed E-state index contributed by atoms with van der Waals surface area (Å²) < 4.78 is 3.70. The van der Waals surface area contributed by atoms with Crippen LogP contribution in [0.25, 0.3) is 16.9 Å². The van der Waals surface area contributed by atoms with E-state index in [2.05, 4.69) is 11.1 Å². The molecule has 3 aromatic carbocycles. The van der Waals surface area contributed by atoms with Crippen molar-refractivity contribution < 1.29 is 4.92 Å². The van der Waals surface area contributed by atoms with Crippen LogP contribution in [0.3, 0.4) is 0 Å². The van der Waals surface area contributed by atoms with Crippen LogP contribution >= 0.6 is 11.3 Å². The zero-order valence-corrected chi connectivity index (χ0v) is 21.4. The fraction of sp³-hybridized carbons (Fsp3) is 0.107.